The summed E-state index contributed by atoms with van der Waals surface area (Å²) in [7, 11) is 0. The predicted molar refractivity (Wildman–Crippen MR) is 91.7 cm³/mol. The Morgan fingerprint density at radius 1 is 1.30 bits per heavy atom. The molecule has 1 heterocycles. The molecule has 0 amide bonds. The number of Topliss-reactive ketones (excluding diaryl/α,β-unsaturated/α-hetero) is 1. The first-order valence-electron chi connectivity index (χ1n) is 8.00. The summed E-state index contributed by atoms with van der Waals surface area (Å²) in [6, 6.07) is 3.05. The first-order valence-corrected chi connectivity index (χ1v) is 8.00. The van der Waals surface area contributed by atoms with Crippen LogP contribution in [-0.4, -0.2) is 28.4 Å². The highest BCUT2D eigenvalue weighted by atomic mass is 16.4. The van der Waals surface area contributed by atoms with E-state index in [1.165, 1.54) is 12.3 Å². The summed E-state index contributed by atoms with van der Waals surface area (Å²) in [5, 5.41) is 12.0. The molecule has 5 heteroatoms. The molecule has 0 saturated carbocycles. The number of nitrogens with one attached hydrogen (secondary N) is 1. The number of carboxylic acid groups (broad SMARTS) is 1. The molecule has 0 radical (unpaired) electrons. The van der Waals surface area contributed by atoms with Crippen molar-refractivity contribution in [1.82, 2.24) is 4.98 Å². The van der Waals surface area contributed by atoms with Gasteiger partial charge in [-0.05, 0) is 31.4 Å². The van der Waals surface area contributed by atoms with Crippen molar-refractivity contribution >= 4 is 17.6 Å². The molecule has 5 nitrogen and oxygen atoms in total. The van der Waals surface area contributed by atoms with Crippen LogP contribution in [0.5, 0.6) is 0 Å². The summed E-state index contributed by atoms with van der Waals surface area (Å²) in [5.74, 6) is -0.678. The summed E-state index contributed by atoms with van der Waals surface area (Å²) >= 11 is 0. The normalized spacial score (nSPS) is 13.2. The SMILES string of the molecule is CC.O=C(CCNc1ncccc1C(=O)O)C1=CCCCC=C1. The van der Waals surface area contributed by atoms with Gasteiger partial charge in [0.1, 0.15) is 11.4 Å². The molecule has 1 aliphatic carbocycles. The molecule has 23 heavy (non-hydrogen) atoms. The van der Waals surface area contributed by atoms with Gasteiger partial charge in [-0.1, -0.05) is 32.1 Å². The van der Waals surface area contributed by atoms with E-state index >= 15 is 0 Å². The maximum atomic E-state index is 12.1. The fourth-order valence-corrected chi connectivity index (χ4v) is 2.14. The lowest BCUT2D eigenvalue weighted by molar-refractivity contribution is -0.115. The van der Waals surface area contributed by atoms with Crippen molar-refractivity contribution in [3.8, 4) is 0 Å². The maximum Gasteiger partial charge on any atom is 0.339 e. The lowest BCUT2D eigenvalue weighted by Crippen LogP contribution is -2.13. The Kier molecular flexibility index (Phi) is 8.36. The largest absolute Gasteiger partial charge is 0.478 e. The smallest absolute Gasteiger partial charge is 0.339 e. The number of allylic oxidation sites excluding steroid dienone is 4. The van der Waals surface area contributed by atoms with Crippen LogP contribution in [0.25, 0.3) is 0 Å². The number of aromatic carboxylic acids is 1. The molecule has 1 aromatic heterocycles. The van der Waals surface area contributed by atoms with Crippen LogP contribution in [0, 0.1) is 0 Å². The molecule has 0 unspecified atom stereocenters. The van der Waals surface area contributed by atoms with E-state index < -0.39 is 5.97 Å². The number of anilines is 1. The van der Waals surface area contributed by atoms with Gasteiger partial charge in [0.2, 0.25) is 0 Å². The molecule has 0 bridgehead atoms. The van der Waals surface area contributed by atoms with Crippen molar-refractivity contribution < 1.29 is 14.7 Å². The Bertz CT molecular complexity index is 592. The van der Waals surface area contributed by atoms with E-state index in [1.807, 2.05) is 32.1 Å². The van der Waals surface area contributed by atoms with Crippen molar-refractivity contribution in [1.29, 1.82) is 0 Å². The van der Waals surface area contributed by atoms with Crippen molar-refractivity contribution in [2.45, 2.75) is 39.5 Å². The summed E-state index contributed by atoms with van der Waals surface area (Å²) in [6.07, 6.45) is 10.7. The van der Waals surface area contributed by atoms with Gasteiger partial charge in [0.05, 0.1) is 0 Å². The average Bonchev–Trinajstić information content (AvgIpc) is 2.86. The maximum absolute atomic E-state index is 12.1. The average molecular weight is 316 g/mol. The number of carboxylic acids is 1. The van der Waals surface area contributed by atoms with Crippen LogP contribution in [0.1, 0.15) is 49.9 Å². The van der Waals surface area contributed by atoms with Gasteiger partial charge in [-0.25, -0.2) is 9.78 Å². The molecular weight excluding hydrogens is 292 g/mol. The van der Waals surface area contributed by atoms with E-state index in [9.17, 15) is 9.59 Å². The topological polar surface area (TPSA) is 79.3 Å². The number of aromatic nitrogens is 1. The van der Waals surface area contributed by atoms with Gasteiger partial charge in [-0.15, -0.1) is 0 Å². The molecule has 0 aliphatic heterocycles. The van der Waals surface area contributed by atoms with Gasteiger partial charge in [-0.3, -0.25) is 4.79 Å². The Balaban J connectivity index is 0.00000127. The highest BCUT2D eigenvalue weighted by Crippen LogP contribution is 2.14. The van der Waals surface area contributed by atoms with Crippen molar-refractivity contribution in [2.75, 3.05) is 11.9 Å². The summed E-state index contributed by atoms with van der Waals surface area (Å²) in [4.78, 5) is 27.1. The molecule has 0 spiro atoms. The Hall–Kier alpha value is -2.43. The summed E-state index contributed by atoms with van der Waals surface area (Å²) in [5.41, 5.74) is 0.854. The lowest BCUT2D eigenvalue weighted by atomic mass is 10.1. The number of carbonyl (C=O) groups excluding carboxylic acids is 1. The van der Waals surface area contributed by atoms with E-state index in [4.69, 9.17) is 5.11 Å². The number of pyridine rings is 1. The fourth-order valence-electron chi connectivity index (χ4n) is 2.14. The van der Waals surface area contributed by atoms with Crippen LogP contribution in [0.3, 0.4) is 0 Å². The number of ketones is 1. The molecule has 0 atom stereocenters. The standard InChI is InChI=1S/C16H18N2O3.C2H6/c19-14(12-6-3-1-2-4-7-12)9-11-18-15-13(16(20)21)8-5-10-17-15;1-2/h3,5-8,10H,1-2,4,9,11H2,(H,17,18)(H,20,21);1-2H3. The van der Waals surface area contributed by atoms with Crippen LogP contribution in [-0.2, 0) is 4.79 Å². The van der Waals surface area contributed by atoms with Gasteiger partial charge in [0.15, 0.2) is 5.78 Å². The van der Waals surface area contributed by atoms with Gasteiger partial charge < -0.3 is 10.4 Å². The second-order valence-corrected chi connectivity index (χ2v) is 4.80. The van der Waals surface area contributed by atoms with E-state index in [2.05, 4.69) is 10.3 Å². The Morgan fingerprint density at radius 3 is 2.83 bits per heavy atom. The molecule has 2 N–H and O–H groups in total. The minimum atomic E-state index is -1.04. The highest BCUT2D eigenvalue weighted by molar-refractivity contribution is 5.98. The monoisotopic (exact) mass is 316 g/mol. The second kappa shape index (κ2) is 10.3. The molecule has 0 fully saturated rings. The van der Waals surface area contributed by atoms with Gasteiger partial charge in [-0.2, -0.15) is 0 Å². The Labute approximate surface area is 137 Å². The van der Waals surface area contributed by atoms with Crippen molar-refractivity contribution in [3.63, 3.8) is 0 Å². The van der Waals surface area contributed by atoms with Gasteiger partial charge in [0, 0.05) is 24.7 Å². The summed E-state index contributed by atoms with van der Waals surface area (Å²) in [6.45, 7) is 4.36. The molecule has 1 aliphatic rings. The van der Waals surface area contributed by atoms with Crippen molar-refractivity contribution in [3.05, 3.63) is 47.7 Å². The molecule has 2 rings (SSSR count). The number of nitrogens with zero attached hydrogens (tertiary/aromatic N) is 1. The molecule has 1 aromatic rings. The van der Waals surface area contributed by atoms with Gasteiger partial charge in [0.25, 0.3) is 0 Å². The van der Waals surface area contributed by atoms with Crippen molar-refractivity contribution in [2.24, 2.45) is 0 Å². The molecule has 124 valence electrons. The molecule has 0 aromatic carbocycles. The summed E-state index contributed by atoms with van der Waals surface area (Å²) < 4.78 is 0. The minimum Gasteiger partial charge on any atom is -0.478 e. The third kappa shape index (κ3) is 6.06. The Morgan fingerprint density at radius 2 is 2.09 bits per heavy atom. The lowest BCUT2D eigenvalue weighted by Gasteiger charge is -2.08. The predicted octanol–water partition coefficient (Wildman–Crippen LogP) is 3.84. The van der Waals surface area contributed by atoms with Crippen LogP contribution in [0.2, 0.25) is 0 Å². The van der Waals surface area contributed by atoms with Crippen LogP contribution >= 0.6 is 0 Å². The zero-order valence-electron chi connectivity index (χ0n) is 13.7. The minimum absolute atomic E-state index is 0.0634. The van der Waals surface area contributed by atoms with E-state index in [0.29, 0.717) is 18.8 Å². The number of carbonyl (C=O) groups is 2. The fraction of sp³-hybridized carbons (Fsp3) is 0.389. The third-order valence-corrected chi connectivity index (χ3v) is 3.24. The molecule has 0 saturated heterocycles. The van der Waals surface area contributed by atoms with E-state index in [-0.39, 0.29) is 11.3 Å². The van der Waals surface area contributed by atoms with Gasteiger partial charge >= 0.3 is 5.97 Å². The quantitative estimate of drug-likeness (QED) is 0.833. The van der Waals surface area contributed by atoms with E-state index in [1.54, 1.807) is 6.07 Å². The number of hydrogen-bond donors (Lipinski definition) is 2. The first kappa shape index (κ1) is 18.6. The first-order chi connectivity index (χ1) is 11.2. The third-order valence-electron chi connectivity index (χ3n) is 3.24. The highest BCUT2D eigenvalue weighted by Gasteiger charge is 2.11. The van der Waals surface area contributed by atoms with Crippen LogP contribution in [0.4, 0.5) is 5.82 Å². The van der Waals surface area contributed by atoms with Crippen LogP contribution < -0.4 is 5.32 Å². The van der Waals surface area contributed by atoms with E-state index in [0.717, 1.165) is 24.8 Å². The zero-order valence-corrected chi connectivity index (χ0v) is 13.7. The number of hydrogen-bond acceptors (Lipinski definition) is 4. The zero-order chi connectivity index (χ0) is 17.1. The second-order valence-electron chi connectivity index (χ2n) is 4.80. The number of rotatable bonds is 6. The molecular formula is C18H24N2O3. The van der Waals surface area contributed by atoms with Crippen LogP contribution in [0.15, 0.2) is 42.1 Å².